The maximum Gasteiger partial charge on any atom is 0.264 e. The molecule has 138 valence electrons. The first-order chi connectivity index (χ1) is 12.5. The zero-order valence-corrected chi connectivity index (χ0v) is 16.1. The third-order valence-electron chi connectivity index (χ3n) is 5.20. The topological polar surface area (TPSA) is 49.9 Å². The molecule has 0 N–H and O–H groups in total. The number of fused-ring (bicyclic) bond motifs is 1. The molecule has 2 aliphatic rings. The highest BCUT2D eigenvalue weighted by molar-refractivity contribution is 7.93. The molecule has 0 saturated carbocycles. The quantitative estimate of drug-likeness (QED) is 0.831. The molecule has 0 radical (unpaired) electrons. The molecule has 0 unspecified atom stereocenters. The van der Waals surface area contributed by atoms with Gasteiger partial charge in [0.25, 0.3) is 10.0 Å². The van der Waals surface area contributed by atoms with Crippen LogP contribution < -0.4 is 9.21 Å². The number of hydrogen-bond acceptors (Lipinski definition) is 4. The number of sulfonamides is 1. The summed E-state index contributed by atoms with van der Waals surface area (Å²) in [4.78, 5) is 2.70. The van der Waals surface area contributed by atoms with Crippen molar-refractivity contribution in [3.63, 3.8) is 0 Å². The van der Waals surface area contributed by atoms with Crippen molar-refractivity contribution in [2.45, 2.75) is 25.2 Å². The SMILES string of the molecule is Cc1ccc(C)c(S(=O)(=O)N2CCc3cc(N4CCOCC4)ccc32)c1. The molecule has 4 rings (SSSR count). The van der Waals surface area contributed by atoms with Gasteiger partial charge in [-0.15, -0.1) is 0 Å². The molecule has 2 heterocycles. The normalized spacial score (nSPS) is 17.5. The third kappa shape index (κ3) is 2.97. The lowest BCUT2D eigenvalue weighted by molar-refractivity contribution is 0.122. The molecule has 2 aliphatic heterocycles. The summed E-state index contributed by atoms with van der Waals surface area (Å²) in [5.74, 6) is 0. The van der Waals surface area contributed by atoms with Gasteiger partial charge in [-0.1, -0.05) is 12.1 Å². The zero-order chi connectivity index (χ0) is 18.3. The standard InChI is InChI=1S/C20H24N2O3S/c1-15-3-4-16(2)20(13-15)26(23,24)22-8-7-17-14-18(5-6-19(17)22)21-9-11-25-12-10-21/h3-6,13-14H,7-12H2,1-2H3. The highest BCUT2D eigenvalue weighted by Gasteiger charge is 2.32. The van der Waals surface area contributed by atoms with Gasteiger partial charge in [-0.25, -0.2) is 8.42 Å². The predicted molar refractivity (Wildman–Crippen MR) is 104 cm³/mol. The first kappa shape index (κ1) is 17.4. The van der Waals surface area contributed by atoms with Gasteiger partial charge in [-0.05, 0) is 61.2 Å². The Balaban J connectivity index is 1.68. The van der Waals surface area contributed by atoms with Crippen molar-refractivity contribution in [3.05, 3.63) is 53.1 Å². The van der Waals surface area contributed by atoms with Gasteiger partial charge in [0.1, 0.15) is 0 Å². The van der Waals surface area contributed by atoms with Gasteiger partial charge in [0, 0.05) is 25.3 Å². The van der Waals surface area contributed by atoms with Crippen molar-refractivity contribution < 1.29 is 13.2 Å². The van der Waals surface area contributed by atoms with Crippen molar-refractivity contribution in [2.24, 2.45) is 0 Å². The molecule has 1 fully saturated rings. The minimum Gasteiger partial charge on any atom is -0.378 e. The molecule has 26 heavy (non-hydrogen) atoms. The van der Waals surface area contributed by atoms with E-state index in [9.17, 15) is 8.42 Å². The summed E-state index contributed by atoms with van der Waals surface area (Å²) in [7, 11) is -3.54. The van der Waals surface area contributed by atoms with Crippen LogP contribution in [0.3, 0.4) is 0 Å². The lowest BCUT2D eigenvalue weighted by Crippen LogP contribution is -2.36. The smallest absolute Gasteiger partial charge is 0.264 e. The number of morpholine rings is 1. The highest BCUT2D eigenvalue weighted by atomic mass is 32.2. The Morgan fingerprint density at radius 2 is 1.73 bits per heavy atom. The Kier molecular flexibility index (Phi) is 4.40. The molecule has 0 bridgehead atoms. The summed E-state index contributed by atoms with van der Waals surface area (Å²) in [6.45, 7) is 7.51. The van der Waals surface area contributed by atoms with Crippen LogP contribution >= 0.6 is 0 Å². The van der Waals surface area contributed by atoms with Gasteiger partial charge in [-0.2, -0.15) is 0 Å². The van der Waals surface area contributed by atoms with Crippen LogP contribution in [0.4, 0.5) is 11.4 Å². The average Bonchev–Trinajstić information content (AvgIpc) is 3.08. The van der Waals surface area contributed by atoms with Gasteiger partial charge < -0.3 is 9.64 Å². The van der Waals surface area contributed by atoms with E-state index in [0.29, 0.717) is 11.4 Å². The molecule has 0 aliphatic carbocycles. The molecular weight excluding hydrogens is 348 g/mol. The van der Waals surface area contributed by atoms with Crippen LogP contribution in [0.2, 0.25) is 0 Å². The maximum atomic E-state index is 13.3. The number of hydrogen-bond donors (Lipinski definition) is 0. The van der Waals surface area contributed by atoms with E-state index < -0.39 is 10.0 Å². The Bertz CT molecular complexity index is 934. The van der Waals surface area contributed by atoms with Crippen LogP contribution in [0.5, 0.6) is 0 Å². The van der Waals surface area contributed by atoms with E-state index in [4.69, 9.17) is 4.74 Å². The van der Waals surface area contributed by atoms with Gasteiger partial charge in [0.2, 0.25) is 0 Å². The van der Waals surface area contributed by atoms with Crippen molar-refractivity contribution in [1.82, 2.24) is 0 Å². The summed E-state index contributed by atoms with van der Waals surface area (Å²) in [6.07, 6.45) is 0.748. The Hall–Kier alpha value is -2.05. The van der Waals surface area contributed by atoms with Crippen molar-refractivity contribution >= 4 is 21.4 Å². The van der Waals surface area contributed by atoms with Gasteiger partial charge in [0.05, 0.1) is 23.8 Å². The van der Waals surface area contributed by atoms with Gasteiger partial charge in [0.15, 0.2) is 0 Å². The fourth-order valence-corrected chi connectivity index (χ4v) is 5.55. The largest absolute Gasteiger partial charge is 0.378 e. The number of rotatable bonds is 3. The van der Waals surface area contributed by atoms with Crippen LogP contribution in [-0.2, 0) is 21.2 Å². The lowest BCUT2D eigenvalue weighted by atomic mass is 10.1. The third-order valence-corrected chi connectivity index (χ3v) is 7.16. The number of anilines is 2. The molecular formula is C20H24N2O3S. The first-order valence-electron chi connectivity index (χ1n) is 9.02. The van der Waals surface area contributed by atoms with Crippen LogP contribution in [0.1, 0.15) is 16.7 Å². The molecule has 6 heteroatoms. The molecule has 0 amide bonds. The number of aryl methyl sites for hydroxylation is 2. The second-order valence-electron chi connectivity index (χ2n) is 7.01. The predicted octanol–water partition coefficient (Wildman–Crippen LogP) is 2.89. The number of nitrogens with zero attached hydrogens (tertiary/aromatic N) is 2. The summed E-state index contributed by atoms with van der Waals surface area (Å²) in [6, 6.07) is 11.7. The van der Waals surface area contributed by atoms with Crippen LogP contribution in [0.15, 0.2) is 41.3 Å². The number of ether oxygens (including phenoxy) is 1. The fraction of sp³-hybridized carbons (Fsp3) is 0.400. The molecule has 5 nitrogen and oxygen atoms in total. The van der Waals surface area contributed by atoms with Gasteiger partial charge >= 0.3 is 0 Å². The maximum absolute atomic E-state index is 13.3. The van der Waals surface area contributed by atoms with Crippen LogP contribution in [0.25, 0.3) is 0 Å². The Morgan fingerprint density at radius 1 is 0.962 bits per heavy atom. The van der Waals surface area contributed by atoms with E-state index in [1.165, 1.54) is 0 Å². The molecule has 2 aromatic carbocycles. The second kappa shape index (κ2) is 6.59. The number of benzene rings is 2. The van der Waals surface area contributed by atoms with Gasteiger partial charge in [-0.3, -0.25) is 4.31 Å². The minimum absolute atomic E-state index is 0.405. The average molecular weight is 372 g/mol. The van der Waals surface area contributed by atoms with E-state index in [2.05, 4.69) is 11.0 Å². The zero-order valence-electron chi connectivity index (χ0n) is 15.2. The van der Waals surface area contributed by atoms with Crippen LogP contribution in [-0.4, -0.2) is 41.3 Å². The molecule has 0 atom stereocenters. The van der Waals surface area contributed by atoms with Crippen molar-refractivity contribution in [3.8, 4) is 0 Å². The summed E-state index contributed by atoms with van der Waals surface area (Å²) < 4.78 is 33.5. The summed E-state index contributed by atoms with van der Waals surface area (Å²) >= 11 is 0. The van der Waals surface area contributed by atoms with E-state index >= 15 is 0 Å². The van der Waals surface area contributed by atoms with Crippen molar-refractivity contribution in [2.75, 3.05) is 42.1 Å². The fourth-order valence-electron chi connectivity index (χ4n) is 3.73. The van der Waals surface area contributed by atoms with Crippen LogP contribution in [0, 0.1) is 13.8 Å². The van der Waals surface area contributed by atoms with Crippen molar-refractivity contribution in [1.29, 1.82) is 0 Å². The molecule has 2 aromatic rings. The first-order valence-corrected chi connectivity index (χ1v) is 10.5. The summed E-state index contributed by atoms with van der Waals surface area (Å²) in [5, 5.41) is 0. The molecule has 1 saturated heterocycles. The highest BCUT2D eigenvalue weighted by Crippen LogP contribution is 2.36. The monoisotopic (exact) mass is 372 g/mol. The molecule has 0 aromatic heterocycles. The van der Waals surface area contributed by atoms with E-state index in [1.807, 2.05) is 38.1 Å². The molecule has 0 spiro atoms. The Morgan fingerprint density at radius 3 is 2.50 bits per heavy atom. The second-order valence-corrected chi connectivity index (χ2v) is 8.84. The van der Waals surface area contributed by atoms with E-state index in [-0.39, 0.29) is 0 Å². The minimum atomic E-state index is -3.54. The van der Waals surface area contributed by atoms with E-state index in [1.54, 1.807) is 10.4 Å². The lowest BCUT2D eigenvalue weighted by Gasteiger charge is -2.29. The van der Waals surface area contributed by atoms with E-state index in [0.717, 1.165) is 60.8 Å². The Labute approximate surface area is 155 Å². The summed E-state index contributed by atoms with van der Waals surface area (Å²) in [5.41, 5.74) is 4.80.